The quantitative estimate of drug-likeness (QED) is 0.902. The van der Waals surface area contributed by atoms with Crippen molar-refractivity contribution >= 4 is 22.4 Å². The van der Waals surface area contributed by atoms with Crippen LogP contribution in [0.5, 0.6) is 0 Å². The Morgan fingerprint density at radius 1 is 1.50 bits per heavy atom. The number of amides is 1. The zero-order chi connectivity index (χ0) is 16.9. The minimum atomic E-state index is -0.220. The molecule has 2 aromatic rings. The molecule has 0 aliphatic carbocycles. The van der Waals surface area contributed by atoms with Crippen LogP contribution in [0.2, 0.25) is 0 Å². The molecular weight excluding hydrogens is 327 g/mol. The van der Waals surface area contributed by atoms with Crippen molar-refractivity contribution in [1.29, 1.82) is 0 Å². The second-order valence-corrected chi connectivity index (χ2v) is 7.34. The van der Waals surface area contributed by atoms with Crippen LogP contribution in [0.25, 0.3) is 0 Å². The van der Waals surface area contributed by atoms with Gasteiger partial charge in [0.15, 0.2) is 5.13 Å². The number of thiazole rings is 1. The van der Waals surface area contributed by atoms with Crippen molar-refractivity contribution < 1.29 is 9.18 Å². The molecule has 24 heavy (non-hydrogen) atoms. The lowest BCUT2D eigenvalue weighted by Gasteiger charge is -2.32. The van der Waals surface area contributed by atoms with E-state index in [1.807, 2.05) is 6.20 Å². The van der Waals surface area contributed by atoms with Gasteiger partial charge in [-0.15, -0.1) is 11.3 Å². The number of piperidine rings is 1. The Labute approximate surface area is 144 Å². The van der Waals surface area contributed by atoms with Crippen LogP contribution in [0.1, 0.15) is 30.3 Å². The van der Waals surface area contributed by atoms with Gasteiger partial charge in [-0.05, 0) is 43.9 Å². The first-order valence-corrected chi connectivity index (χ1v) is 8.95. The van der Waals surface area contributed by atoms with Crippen LogP contribution in [-0.4, -0.2) is 33.9 Å². The van der Waals surface area contributed by atoms with E-state index in [9.17, 15) is 9.18 Å². The van der Waals surface area contributed by atoms with Gasteiger partial charge in [-0.2, -0.15) is 0 Å². The number of aromatic nitrogens is 2. The number of halogens is 1. The molecule has 1 aliphatic heterocycles. The SMILES string of the molecule is CC(=O)Nc1ncc(CN2CCCC(Cc3cc(F)ccn3)C2)s1. The second kappa shape index (κ2) is 7.81. The second-order valence-electron chi connectivity index (χ2n) is 6.23. The number of pyridine rings is 1. The van der Waals surface area contributed by atoms with Gasteiger partial charge in [0.2, 0.25) is 5.91 Å². The monoisotopic (exact) mass is 348 g/mol. The van der Waals surface area contributed by atoms with Crippen molar-refractivity contribution in [3.8, 4) is 0 Å². The molecule has 5 nitrogen and oxygen atoms in total. The Morgan fingerprint density at radius 3 is 3.17 bits per heavy atom. The molecule has 1 fully saturated rings. The van der Waals surface area contributed by atoms with Crippen LogP contribution in [0.3, 0.4) is 0 Å². The third-order valence-corrected chi connectivity index (χ3v) is 4.99. The minimum absolute atomic E-state index is 0.100. The summed E-state index contributed by atoms with van der Waals surface area (Å²) in [5, 5.41) is 3.36. The van der Waals surface area contributed by atoms with Gasteiger partial charge in [-0.1, -0.05) is 0 Å². The summed E-state index contributed by atoms with van der Waals surface area (Å²) in [5.74, 6) is 0.176. The highest BCUT2D eigenvalue weighted by molar-refractivity contribution is 7.15. The summed E-state index contributed by atoms with van der Waals surface area (Å²) < 4.78 is 13.3. The van der Waals surface area contributed by atoms with E-state index < -0.39 is 0 Å². The van der Waals surface area contributed by atoms with Crippen LogP contribution in [0.15, 0.2) is 24.5 Å². The van der Waals surface area contributed by atoms with Crippen LogP contribution in [-0.2, 0) is 17.8 Å². The fourth-order valence-corrected chi connectivity index (χ4v) is 4.03. The maximum Gasteiger partial charge on any atom is 0.223 e. The summed E-state index contributed by atoms with van der Waals surface area (Å²) in [6.45, 7) is 4.35. The van der Waals surface area contributed by atoms with Crippen molar-refractivity contribution in [2.45, 2.75) is 32.7 Å². The molecule has 0 spiro atoms. The molecule has 1 atom stereocenters. The van der Waals surface area contributed by atoms with Crippen molar-refractivity contribution in [1.82, 2.24) is 14.9 Å². The van der Waals surface area contributed by atoms with E-state index in [4.69, 9.17) is 0 Å². The number of hydrogen-bond donors (Lipinski definition) is 1. The predicted molar refractivity (Wildman–Crippen MR) is 92.3 cm³/mol. The number of nitrogens with one attached hydrogen (secondary N) is 1. The van der Waals surface area contributed by atoms with E-state index >= 15 is 0 Å². The van der Waals surface area contributed by atoms with Crippen molar-refractivity contribution in [2.24, 2.45) is 5.92 Å². The third-order valence-electron chi connectivity index (χ3n) is 4.10. The fourth-order valence-electron chi connectivity index (χ4n) is 3.13. The fraction of sp³-hybridized carbons (Fsp3) is 0.471. The minimum Gasteiger partial charge on any atom is -0.302 e. The van der Waals surface area contributed by atoms with Gasteiger partial charge in [-0.3, -0.25) is 14.7 Å². The smallest absolute Gasteiger partial charge is 0.223 e. The molecule has 3 rings (SSSR count). The predicted octanol–water partition coefficient (Wildman–Crippen LogP) is 3.09. The van der Waals surface area contributed by atoms with Crippen molar-refractivity contribution in [2.75, 3.05) is 18.4 Å². The average molecular weight is 348 g/mol. The van der Waals surface area contributed by atoms with Gasteiger partial charge in [0, 0.05) is 43.0 Å². The number of anilines is 1. The summed E-state index contributed by atoms with van der Waals surface area (Å²) in [7, 11) is 0. The highest BCUT2D eigenvalue weighted by Crippen LogP contribution is 2.25. The highest BCUT2D eigenvalue weighted by Gasteiger charge is 2.21. The van der Waals surface area contributed by atoms with Crippen molar-refractivity contribution in [3.63, 3.8) is 0 Å². The molecule has 7 heteroatoms. The van der Waals surface area contributed by atoms with E-state index in [1.165, 1.54) is 36.6 Å². The number of carbonyl (C=O) groups is 1. The molecule has 1 saturated heterocycles. The van der Waals surface area contributed by atoms with Crippen molar-refractivity contribution in [3.05, 3.63) is 40.9 Å². The lowest BCUT2D eigenvalue weighted by atomic mass is 9.93. The van der Waals surface area contributed by atoms with E-state index in [-0.39, 0.29) is 11.7 Å². The maximum absolute atomic E-state index is 13.3. The number of carbonyl (C=O) groups excluding carboxylic acids is 1. The Bertz CT molecular complexity index is 705. The lowest BCUT2D eigenvalue weighted by molar-refractivity contribution is -0.114. The molecule has 1 aliphatic rings. The molecule has 1 unspecified atom stereocenters. The molecule has 128 valence electrons. The van der Waals surface area contributed by atoms with Gasteiger partial charge in [0.05, 0.1) is 0 Å². The summed E-state index contributed by atoms with van der Waals surface area (Å²) in [4.78, 5) is 23.1. The molecule has 0 aromatic carbocycles. The van der Waals surface area contributed by atoms with Gasteiger partial charge in [-0.25, -0.2) is 9.37 Å². The first-order valence-electron chi connectivity index (χ1n) is 8.13. The van der Waals surface area contributed by atoms with E-state index in [0.29, 0.717) is 11.0 Å². The van der Waals surface area contributed by atoms with Gasteiger partial charge in [0.1, 0.15) is 5.82 Å². The summed E-state index contributed by atoms with van der Waals surface area (Å²) in [5.41, 5.74) is 0.826. The number of likely N-dealkylation sites (tertiary alicyclic amines) is 1. The molecule has 0 bridgehead atoms. The van der Waals surface area contributed by atoms with Crippen LogP contribution in [0.4, 0.5) is 9.52 Å². The van der Waals surface area contributed by atoms with E-state index in [0.717, 1.165) is 49.5 Å². The molecule has 3 heterocycles. The highest BCUT2D eigenvalue weighted by atomic mass is 32.1. The van der Waals surface area contributed by atoms with E-state index in [1.54, 1.807) is 0 Å². The van der Waals surface area contributed by atoms with E-state index in [2.05, 4.69) is 20.2 Å². The number of rotatable bonds is 5. The Balaban J connectivity index is 1.55. The molecule has 0 saturated carbocycles. The standard InChI is InChI=1S/C17H21FN4OS/c1-12(23)21-17-20-9-16(24-17)11-22-6-2-3-13(10-22)7-15-8-14(18)4-5-19-15/h4-5,8-9,13H,2-3,6-7,10-11H2,1H3,(H,20,21,23). The topological polar surface area (TPSA) is 58.1 Å². The average Bonchev–Trinajstić information content (AvgIpc) is 2.94. The van der Waals surface area contributed by atoms with Gasteiger partial charge in [0.25, 0.3) is 0 Å². The lowest BCUT2D eigenvalue weighted by Crippen LogP contribution is -2.35. The molecule has 1 N–H and O–H groups in total. The third kappa shape index (κ3) is 4.82. The van der Waals surface area contributed by atoms with Gasteiger partial charge < -0.3 is 5.32 Å². The van der Waals surface area contributed by atoms with Crippen LogP contribution >= 0.6 is 11.3 Å². The van der Waals surface area contributed by atoms with Gasteiger partial charge >= 0.3 is 0 Å². The largest absolute Gasteiger partial charge is 0.302 e. The molecular formula is C17H21FN4OS. The molecule has 1 amide bonds. The Kier molecular flexibility index (Phi) is 5.52. The first-order chi connectivity index (χ1) is 11.6. The number of hydrogen-bond acceptors (Lipinski definition) is 5. The first kappa shape index (κ1) is 17.0. The molecule has 0 radical (unpaired) electrons. The zero-order valence-electron chi connectivity index (χ0n) is 13.7. The number of nitrogens with zero attached hydrogens (tertiary/aromatic N) is 3. The Morgan fingerprint density at radius 2 is 2.38 bits per heavy atom. The summed E-state index contributed by atoms with van der Waals surface area (Å²) in [6, 6.07) is 2.91. The summed E-state index contributed by atoms with van der Waals surface area (Å²) >= 11 is 1.52. The Hall–Kier alpha value is -1.86. The van der Waals surface area contributed by atoms with Crippen LogP contribution < -0.4 is 5.32 Å². The molecule has 2 aromatic heterocycles. The maximum atomic E-state index is 13.3. The zero-order valence-corrected chi connectivity index (χ0v) is 14.5. The summed E-state index contributed by atoms with van der Waals surface area (Å²) in [6.07, 6.45) is 6.46. The van der Waals surface area contributed by atoms with Crippen LogP contribution in [0, 0.1) is 11.7 Å². The normalized spacial score (nSPS) is 18.5.